The first-order valence-electron chi connectivity index (χ1n) is 8.92. The third kappa shape index (κ3) is 7.78. The number of pyridine rings is 1. The molecular formula is C19H28BrIN6O. The zero-order valence-electron chi connectivity index (χ0n) is 16.7. The Morgan fingerprint density at radius 2 is 2.14 bits per heavy atom. The summed E-state index contributed by atoms with van der Waals surface area (Å²) in [5.74, 6) is 1.25. The second-order valence-electron chi connectivity index (χ2n) is 6.31. The summed E-state index contributed by atoms with van der Waals surface area (Å²) in [4.78, 5) is 23.0. The minimum Gasteiger partial charge on any atom is -0.357 e. The number of carbonyl (C=O) groups is 1. The average molecular weight is 563 g/mol. The monoisotopic (exact) mass is 562 g/mol. The molecule has 0 saturated heterocycles. The van der Waals surface area contributed by atoms with E-state index in [9.17, 15) is 4.79 Å². The van der Waals surface area contributed by atoms with E-state index < -0.39 is 0 Å². The minimum absolute atomic E-state index is 0. The van der Waals surface area contributed by atoms with E-state index in [1.165, 1.54) is 5.69 Å². The molecule has 0 aliphatic heterocycles. The molecule has 154 valence electrons. The van der Waals surface area contributed by atoms with Crippen LogP contribution in [0.4, 0.5) is 5.82 Å². The van der Waals surface area contributed by atoms with E-state index in [1.807, 2.05) is 51.2 Å². The molecule has 2 rings (SSSR count). The Hall–Kier alpha value is -1.62. The lowest BCUT2D eigenvalue weighted by Crippen LogP contribution is -2.39. The van der Waals surface area contributed by atoms with Gasteiger partial charge in [0.15, 0.2) is 5.96 Å². The van der Waals surface area contributed by atoms with E-state index in [1.54, 1.807) is 6.07 Å². The Labute approximate surface area is 192 Å². The number of anilines is 1. The van der Waals surface area contributed by atoms with Gasteiger partial charge in [-0.2, -0.15) is 0 Å². The second kappa shape index (κ2) is 12.1. The highest BCUT2D eigenvalue weighted by molar-refractivity contribution is 14.0. The molecule has 0 radical (unpaired) electrons. The van der Waals surface area contributed by atoms with Crippen molar-refractivity contribution in [2.24, 2.45) is 12.0 Å². The standard InChI is InChI=1S/C19H27BrN6O.HI/c1-5-21-19(26(4)13-16-11-15(20)12-25(16)3)22-10-9-18(27)24-17-8-6-7-14(2)23-17;/h6-8,11-12H,5,9-10,13H2,1-4H3,(H,21,22)(H,23,24,27);1H. The third-order valence-corrected chi connectivity index (χ3v) is 4.36. The fraction of sp³-hybridized carbons (Fsp3) is 0.421. The minimum atomic E-state index is -0.0956. The van der Waals surface area contributed by atoms with Gasteiger partial charge in [-0.3, -0.25) is 9.79 Å². The number of aryl methyl sites for hydroxylation is 2. The smallest absolute Gasteiger partial charge is 0.227 e. The van der Waals surface area contributed by atoms with Crippen LogP contribution in [0.25, 0.3) is 0 Å². The maximum atomic E-state index is 12.1. The molecule has 0 bridgehead atoms. The van der Waals surface area contributed by atoms with Crippen LogP contribution in [-0.2, 0) is 18.4 Å². The summed E-state index contributed by atoms with van der Waals surface area (Å²) in [6.45, 7) is 5.80. The van der Waals surface area contributed by atoms with Crippen molar-refractivity contribution < 1.29 is 4.79 Å². The van der Waals surface area contributed by atoms with Crippen LogP contribution in [0.3, 0.4) is 0 Å². The summed E-state index contributed by atoms with van der Waals surface area (Å²) < 4.78 is 3.13. The molecule has 0 atom stereocenters. The Balaban J connectivity index is 0.00000392. The van der Waals surface area contributed by atoms with Crippen LogP contribution in [-0.4, -0.2) is 46.5 Å². The number of aromatic nitrogens is 2. The van der Waals surface area contributed by atoms with Crippen molar-refractivity contribution in [3.63, 3.8) is 0 Å². The number of halogens is 2. The quantitative estimate of drug-likeness (QED) is 0.307. The molecule has 0 unspecified atom stereocenters. The first-order valence-corrected chi connectivity index (χ1v) is 9.72. The molecule has 0 aromatic carbocycles. The highest BCUT2D eigenvalue weighted by atomic mass is 127. The molecule has 0 fully saturated rings. The van der Waals surface area contributed by atoms with Gasteiger partial charge in [0.05, 0.1) is 13.1 Å². The number of nitrogens with one attached hydrogen (secondary N) is 2. The maximum Gasteiger partial charge on any atom is 0.227 e. The van der Waals surface area contributed by atoms with Crippen molar-refractivity contribution in [2.75, 3.05) is 25.5 Å². The highest BCUT2D eigenvalue weighted by Gasteiger charge is 2.10. The molecule has 2 N–H and O–H groups in total. The van der Waals surface area contributed by atoms with E-state index in [4.69, 9.17) is 0 Å². The molecule has 2 aromatic rings. The summed E-state index contributed by atoms with van der Waals surface area (Å²) in [7, 11) is 4.00. The van der Waals surface area contributed by atoms with Gasteiger partial charge in [0, 0.05) is 49.1 Å². The predicted octanol–water partition coefficient (Wildman–Crippen LogP) is 3.54. The molecule has 1 amide bonds. The predicted molar refractivity (Wildman–Crippen MR) is 128 cm³/mol. The number of rotatable bonds is 7. The number of hydrogen-bond donors (Lipinski definition) is 2. The maximum absolute atomic E-state index is 12.1. The number of carbonyl (C=O) groups excluding carboxylic acids is 1. The normalized spacial score (nSPS) is 11.0. The lowest BCUT2D eigenvalue weighted by molar-refractivity contribution is -0.116. The van der Waals surface area contributed by atoms with Gasteiger partial charge in [0.25, 0.3) is 0 Å². The molecule has 28 heavy (non-hydrogen) atoms. The number of amides is 1. The zero-order chi connectivity index (χ0) is 19.8. The van der Waals surface area contributed by atoms with Crippen molar-refractivity contribution in [3.8, 4) is 0 Å². The summed E-state index contributed by atoms with van der Waals surface area (Å²) >= 11 is 3.50. The van der Waals surface area contributed by atoms with Crippen LogP contribution >= 0.6 is 39.9 Å². The Kier molecular flexibility index (Phi) is 10.5. The molecule has 7 nitrogen and oxygen atoms in total. The van der Waals surface area contributed by atoms with Crippen molar-refractivity contribution in [2.45, 2.75) is 26.8 Å². The van der Waals surface area contributed by atoms with Gasteiger partial charge in [0.1, 0.15) is 5.82 Å². The number of hydrogen-bond acceptors (Lipinski definition) is 3. The van der Waals surface area contributed by atoms with Crippen molar-refractivity contribution in [1.29, 1.82) is 0 Å². The van der Waals surface area contributed by atoms with Gasteiger partial charge >= 0.3 is 0 Å². The van der Waals surface area contributed by atoms with E-state index >= 15 is 0 Å². The van der Waals surface area contributed by atoms with E-state index in [2.05, 4.69) is 47.2 Å². The number of aliphatic imine (C=N–C) groups is 1. The fourth-order valence-electron chi connectivity index (χ4n) is 2.59. The van der Waals surface area contributed by atoms with Gasteiger partial charge in [-0.15, -0.1) is 24.0 Å². The Morgan fingerprint density at radius 3 is 2.75 bits per heavy atom. The lowest BCUT2D eigenvalue weighted by atomic mass is 10.3. The molecular weight excluding hydrogens is 535 g/mol. The van der Waals surface area contributed by atoms with E-state index in [-0.39, 0.29) is 29.9 Å². The average Bonchev–Trinajstić information content (AvgIpc) is 2.91. The molecule has 0 aliphatic carbocycles. The number of guanidine groups is 1. The van der Waals surface area contributed by atoms with E-state index in [0.29, 0.717) is 25.3 Å². The van der Waals surface area contributed by atoms with Gasteiger partial charge in [-0.25, -0.2) is 4.98 Å². The van der Waals surface area contributed by atoms with Gasteiger partial charge in [0.2, 0.25) is 5.91 Å². The largest absolute Gasteiger partial charge is 0.357 e. The topological polar surface area (TPSA) is 74.5 Å². The Morgan fingerprint density at radius 1 is 1.39 bits per heavy atom. The summed E-state index contributed by atoms with van der Waals surface area (Å²) in [5.41, 5.74) is 2.03. The highest BCUT2D eigenvalue weighted by Crippen LogP contribution is 2.15. The van der Waals surface area contributed by atoms with Crippen LogP contribution in [0.5, 0.6) is 0 Å². The lowest BCUT2D eigenvalue weighted by Gasteiger charge is -2.22. The van der Waals surface area contributed by atoms with Crippen LogP contribution in [0.1, 0.15) is 24.7 Å². The molecule has 9 heteroatoms. The van der Waals surface area contributed by atoms with Crippen LogP contribution in [0.2, 0.25) is 0 Å². The molecule has 0 saturated carbocycles. The van der Waals surface area contributed by atoms with Crippen molar-refractivity contribution in [3.05, 3.63) is 46.3 Å². The van der Waals surface area contributed by atoms with Crippen LogP contribution < -0.4 is 10.6 Å². The summed E-state index contributed by atoms with van der Waals surface area (Å²) in [6.07, 6.45) is 2.32. The molecule has 0 aliphatic rings. The zero-order valence-corrected chi connectivity index (χ0v) is 20.6. The van der Waals surface area contributed by atoms with E-state index in [0.717, 1.165) is 22.7 Å². The molecule has 0 spiro atoms. The second-order valence-corrected chi connectivity index (χ2v) is 7.23. The molecule has 2 heterocycles. The van der Waals surface area contributed by atoms with Crippen LogP contribution in [0.15, 0.2) is 39.9 Å². The van der Waals surface area contributed by atoms with Gasteiger partial charge in [-0.05, 0) is 48.0 Å². The van der Waals surface area contributed by atoms with Gasteiger partial charge in [-0.1, -0.05) is 6.07 Å². The third-order valence-electron chi connectivity index (χ3n) is 3.93. The number of nitrogens with zero attached hydrogens (tertiary/aromatic N) is 4. The van der Waals surface area contributed by atoms with Crippen molar-refractivity contribution >= 4 is 57.6 Å². The summed E-state index contributed by atoms with van der Waals surface area (Å²) in [5, 5.41) is 6.08. The SMILES string of the molecule is CCNC(=NCCC(=O)Nc1cccc(C)n1)N(C)Cc1cc(Br)cn1C.I. The molecule has 2 aromatic heterocycles. The Bertz CT molecular complexity index is 807. The fourth-order valence-corrected chi connectivity index (χ4v) is 3.16. The summed E-state index contributed by atoms with van der Waals surface area (Å²) in [6, 6.07) is 7.63. The van der Waals surface area contributed by atoms with Crippen LogP contribution in [0, 0.1) is 6.92 Å². The first kappa shape index (κ1) is 24.4. The first-order chi connectivity index (χ1) is 12.9. The van der Waals surface area contributed by atoms with Gasteiger partial charge < -0.3 is 20.1 Å². The van der Waals surface area contributed by atoms with Crippen molar-refractivity contribution in [1.82, 2.24) is 19.8 Å².